The fourth-order valence-electron chi connectivity index (χ4n) is 8.05. The summed E-state index contributed by atoms with van der Waals surface area (Å²) < 4.78 is 4.75. The van der Waals surface area contributed by atoms with E-state index in [2.05, 4.69) is 30.6 Å². The molecule has 0 saturated carbocycles. The van der Waals surface area contributed by atoms with Crippen molar-refractivity contribution in [1.29, 1.82) is 0 Å². The Morgan fingerprint density at radius 2 is 1.20 bits per heavy atom. The number of carboxylic acid groups (broad SMARTS) is 1. The van der Waals surface area contributed by atoms with Crippen molar-refractivity contribution >= 4 is 29.8 Å². The zero-order valence-corrected chi connectivity index (χ0v) is 31.5. The van der Waals surface area contributed by atoms with E-state index in [1.54, 1.807) is 22.2 Å². The van der Waals surface area contributed by atoms with E-state index in [-0.39, 0.29) is 41.5 Å². The number of benzene rings is 2. The van der Waals surface area contributed by atoms with Crippen LogP contribution >= 0.6 is 0 Å². The highest BCUT2D eigenvalue weighted by Gasteiger charge is 2.39. The number of carbonyl (C=O) groups is 5. The molecule has 5 N–H and O–H groups in total. The molecule has 2 saturated heterocycles. The number of nitrogens with zero attached hydrogens (tertiary/aromatic N) is 4. The summed E-state index contributed by atoms with van der Waals surface area (Å²) in [5.74, 6) is 0.326. The number of ether oxygens (including phenoxy) is 1. The molecule has 2 aromatic carbocycles. The first-order valence-corrected chi connectivity index (χ1v) is 18.7. The predicted octanol–water partition coefficient (Wildman–Crippen LogP) is 5.68. The highest BCUT2D eigenvalue weighted by atomic mass is 16.5. The van der Waals surface area contributed by atoms with Gasteiger partial charge >= 0.3 is 12.2 Å². The van der Waals surface area contributed by atoms with Crippen LogP contribution in [0, 0.1) is 11.8 Å². The molecule has 4 heterocycles. The molecule has 15 heteroatoms. The molecule has 4 aromatic rings. The highest BCUT2D eigenvalue weighted by molar-refractivity contribution is 6.22. The minimum atomic E-state index is -1.24. The number of aromatic nitrogens is 4. The fourth-order valence-corrected chi connectivity index (χ4v) is 8.05. The van der Waals surface area contributed by atoms with Crippen LogP contribution in [0.3, 0.4) is 0 Å². The number of H-pyrrole nitrogens is 2. The van der Waals surface area contributed by atoms with Gasteiger partial charge in [0.15, 0.2) is 5.78 Å². The Morgan fingerprint density at radius 1 is 0.745 bits per heavy atom. The Balaban J connectivity index is 1.08. The SMILES string of the molecule is COC(=O)N[C@H](C(=O)N1CCCC1c1ncc(-c2ccc3c(c2)C(=O)c2cc(-c4cnc([C@@H]5CCCN5C(=O)[C@@H](NC(=O)O)C(C)C)[nH]4)ccc2-3)[nH]1)C(C)C. The summed E-state index contributed by atoms with van der Waals surface area (Å²) >= 11 is 0. The van der Waals surface area contributed by atoms with Gasteiger partial charge in [-0.05, 0) is 60.8 Å². The lowest BCUT2D eigenvalue weighted by Crippen LogP contribution is -2.51. The Bertz CT molecular complexity index is 2160. The van der Waals surface area contributed by atoms with Crippen LogP contribution in [0.1, 0.15) is 93.0 Å². The van der Waals surface area contributed by atoms with Crippen LogP contribution in [0.15, 0.2) is 48.8 Å². The quantitative estimate of drug-likeness (QED) is 0.119. The van der Waals surface area contributed by atoms with Crippen LogP contribution in [-0.2, 0) is 14.3 Å². The van der Waals surface area contributed by atoms with E-state index in [0.717, 1.165) is 47.2 Å². The molecule has 0 spiro atoms. The standard InChI is InChI=1S/C40H46N8O7/c1-20(2)32(45-39(52)53)37(50)47-14-6-8-30(47)35-41-18-28(43-35)22-10-12-24-25-13-11-23(17-27(25)34(49)26(24)16-22)29-19-42-36(44-29)31-9-7-15-48(31)38(51)33(21(3)4)46-40(54)55-5/h10-13,16-21,30-33,45H,6-9,14-15H2,1-5H3,(H,41,43)(H,42,44)(H,46,54)(H,52,53)/t30-,31?,32-,33-/m0/s1. The van der Waals surface area contributed by atoms with Crippen molar-refractivity contribution in [2.24, 2.45) is 11.8 Å². The number of nitrogens with one attached hydrogen (secondary N) is 4. The van der Waals surface area contributed by atoms with Gasteiger partial charge in [-0.25, -0.2) is 19.6 Å². The first kappa shape index (κ1) is 37.3. The molecule has 1 aliphatic carbocycles. The van der Waals surface area contributed by atoms with Crippen LogP contribution < -0.4 is 10.6 Å². The van der Waals surface area contributed by atoms with Crippen molar-refractivity contribution in [3.8, 4) is 33.6 Å². The van der Waals surface area contributed by atoms with Gasteiger partial charge in [0.1, 0.15) is 23.7 Å². The normalized spacial score (nSPS) is 18.7. The molecule has 288 valence electrons. The summed E-state index contributed by atoms with van der Waals surface area (Å²) in [5, 5.41) is 14.3. The molecule has 15 nitrogen and oxygen atoms in total. The topological polar surface area (TPSA) is 203 Å². The van der Waals surface area contributed by atoms with E-state index < -0.39 is 24.3 Å². The number of fused-ring (bicyclic) bond motifs is 3. The second-order valence-electron chi connectivity index (χ2n) is 15.1. The number of likely N-dealkylation sites (tertiary alicyclic amines) is 2. The van der Waals surface area contributed by atoms with Crippen LogP contribution in [0.25, 0.3) is 33.6 Å². The monoisotopic (exact) mass is 750 g/mol. The van der Waals surface area contributed by atoms with Gasteiger partial charge in [-0.15, -0.1) is 0 Å². The molecule has 55 heavy (non-hydrogen) atoms. The van der Waals surface area contributed by atoms with Gasteiger partial charge in [0.2, 0.25) is 11.8 Å². The summed E-state index contributed by atoms with van der Waals surface area (Å²) in [4.78, 5) is 83.8. The lowest BCUT2D eigenvalue weighted by Gasteiger charge is -2.30. The number of hydrogen-bond donors (Lipinski definition) is 5. The number of aromatic amines is 2. The largest absolute Gasteiger partial charge is 0.465 e. The number of carbonyl (C=O) groups excluding carboxylic acids is 4. The zero-order chi connectivity index (χ0) is 39.1. The number of hydrogen-bond acceptors (Lipinski definition) is 8. The first-order valence-electron chi connectivity index (χ1n) is 18.7. The third-order valence-electron chi connectivity index (χ3n) is 10.9. The average Bonchev–Trinajstić information content (AvgIpc) is 4.02. The second kappa shape index (κ2) is 15.0. The maximum Gasteiger partial charge on any atom is 0.407 e. The van der Waals surface area contributed by atoms with Gasteiger partial charge in [0.05, 0.1) is 43.0 Å². The van der Waals surface area contributed by atoms with Crippen molar-refractivity contribution in [2.75, 3.05) is 20.2 Å². The molecule has 0 bridgehead atoms. The van der Waals surface area contributed by atoms with Crippen molar-refractivity contribution in [2.45, 2.75) is 77.5 Å². The molecular formula is C40H46N8O7. The van der Waals surface area contributed by atoms with Crippen molar-refractivity contribution in [3.63, 3.8) is 0 Å². The van der Waals surface area contributed by atoms with Gasteiger partial charge < -0.3 is 40.2 Å². The van der Waals surface area contributed by atoms with E-state index in [1.165, 1.54) is 7.11 Å². The zero-order valence-electron chi connectivity index (χ0n) is 31.5. The number of imidazole rings is 2. The molecule has 3 aliphatic rings. The van der Waals surface area contributed by atoms with Crippen LogP contribution in [0.4, 0.5) is 9.59 Å². The lowest BCUT2D eigenvalue weighted by molar-refractivity contribution is -0.136. The molecular weight excluding hydrogens is 704 g/mol. The molecule has 2 aliphatic heterocycles. The Morgan fingerprint density at radius 3 is 1.62 bits per heavy atom. The summed E-state index contributed by atoms with van der Waals surface area (Å²) in [6.45, 7) is 8.42. The van der Waals surface area contributed by atoms with E-state index in [0.29, 0.717) is 48.0 Å². The third-order valence-corrected chi connectivity index (χ3v) is 10.9. The second-order valence-corrected chi connectivity index (χ2v) is 15.1. The number of ketones is 1. The molecule has 2 aromatic heterocycles. The number of rotatable bonds is 10. The van der Waals surface area contributed by atoms with E-state index in [9.17, 15) is 29.1 Å². The predicted molar refractivity (Wildman–Crippen MR) is 202 cm³/mol. The average molecular weight is 751 g/mol. The third kappa shape index (κ3) is 7.06. The van der Waals surface area contributed by atoms with E-state index in [1.807, 2.05) is 64.1 Å². The van der Waals surface area contributed by atoms with Crippen LogP contribution in [-0.4, -0.2) is 96.9 Å². The summed E-state index contributed by atoms with van der Waals surface area (Å²) in [7, 11) is 1.27. The maximum absolute atomic E-state index is 13.9. The van der Waals surface area contributed by atoms with E-state index in [4.69, 9.17) is 4.74 Å². The van der Waals surface area contributed by atoms with Gasteiger partial charge in [-0.3, -0.25) is 14.4 Å². The number of methoxy groups -OCH3 is 1. The van der Waals surface area contributed by atoms with Crippen molar-refractivity contribution in [3.05, 3.63) is 71.6 Å². The first-order chi connectivity index (χ1) is 26.4. The lowest BCUT2D eigenvalue weighted by atomic mass is 10.0. The number of amides is 4. The summed E-state index contributed by atoms with van der Waals surface area (Å²) in [6, 6.07) is 9.29. The maximum atomic E-state index is 13.9. The van der Waals surface area contributed by atoms with Gasteiger partial charge in [-0.2, -0.15) is 0 Å². The van der Waals surface area contributed by atoms with Gasteiger partial charge in [-0.1, -0.05) is 52.0 Å². The van der Waals surface area contributed by atoms with Crippen LogP contribution in [0.5, 0.6) is 0 Å². The number of alkyl carbamates (subject to hydrolysis) is 1. The van der Waals surface area contributed by atoms with Crippen molar-refractivity contribution < 1.29 is 33.8 Å². The van der Waals surface area contributed by atoms with E-state index >= 15 is 0 Å². The minimum absolute atomic E-state index is 0.100. The highest BCUT2D eigenvalue weighted by Crippen LogP contribution is 2.41. The van der Waals surface area contributed by atoms with Crippen LogP contribution in [0.2, 0.25) is 0 Å². The Hall–Kier alpha value is -5.99. The summed E-state index contributed by atoms with van der Waals surface area (Å²) in [5.41, 5.74) is 5.80. The molecule has 2 fully saturated rings. The van der Waals surface area contributed by atoms with Gasteiger partial charge in [0, 0.05) is 35.3 Å². The molecule has 1 unspecified atom stereocenters. The summed E-state index contributed by atoms with van der Waals surface area (Å²) in [6.07, 6.45) is 4.51. The van der Waals surface area contributed by atoms with Gasteiger partial charge in [0.25, 0.3) is 0 Å². The van der Waals surface area contributed by atoms with Crippen molar-refractivity contribution in [1.82, 2.24) is 40.4 Å². The molecule has 7 rings (SSSR count). The Labute approximate surface area is 318 Å². The molecule has 4 amide bonds. The minimum Gasteiger partial charge on any atom is -0.465 e. The molecule has 0 radical (unpaired) electrons. The molecule has 4 atom stereocenters. The smallest absolute Gasteiger partial charge is 0.407 e. The fraction of sp³-hybridized carbons (Fsp3) is 0.425. The Kier molecular flexibility index (Phi) is 10.2.